The van der Waals surface area contributed by atoms with Crippen LogP contribution < -0.4 is 14.8 Å². The van der Waals surface area contributed by atoms with Gasteiger partial charge in [-0.1, -0.05) is 23.2 Å². The molecule has 3 N–H and O–H groups in total. The molecule has 0 atom stereocenters. The number of quaternary nitrogens is 1. The second-order valence-corrected chi connectivity index (χ2v) is 10.2. The number of methoxy groups -OCH3 is 1. The molecule has 1 heterocycles. The third kappa shape index (κ3) is 4.35. The predicted octanol–water partition coefficient (Wildman–Crippen LogP) is 2.56. The Morgan fingerprint density at radius 1 is 1.17 bits per heavy atom. The van der Waals surface area contributed by atoms with Crippen LogP contribution in [0.15, 0.2) is 17.0 Å². The van der Waals surface area contributed by atoms with E-state index in [0.717, 1.165) is 12.8 Å². The molecule has 1 aliphatic heterocycles. The van der Waals surface area contributed by atoms with E-state index in [9.17, 15) is 8.42 Å². The number of hydrogen-bond donors (Lipinski definition) is 2. The molecule has 1 aromatic rings. The Morgan fingerprint density at radius 3 is 2.21 bits per heavy atom. The van der Waals surface area contributed by atoms with Gasteiger partial charge in [-0.05, 0) is 39.8 Å². The molecule has 0 radical (unpaired) electrons. The summed E-state index contributed by atoms with van der Waals surface area (Å²) in [5, 5.41) is 2.64. The lowest BCUT2D eigenvalue weighted by Crippen LogP contribution is -3.06. The molecule has 0 aromatic heterocycles. The maximum absolute atomic E-state index is 12.9. The lowest BCUT2D eigenvalue weighted by Gasteiger charge is -2.43. The van der Waals surface area contributed by atoms with Gasteiger partial charge in [0.25, 0.3) is 0 Å². The van der Waals surface area contributed by atoms with E-state index in [1.54, 1.807) is 0 Å². The lowest BCUT2D eigenvalue weighted by molar-refractivity contribution is -0.787. The zero-order valence-electron chi connectivity index (χ0n) is 14.6. The van der Waals surface area contributed by atoms with Gasteiger partial charge in [-0.2, -0.15) is 0 Å². The largest absolute Gasteiger partial charge is 0.494 e. The van der Waals surface area contributed by atoms with Crippen molar-refractivity contribution in [2.45, 2.75) is 62.6 Å². The molecule has 1 fully saturated rings. The quantitative estimate of drug-likeness (QED) is 0.822. The van der Waals surface area contributed by atoms with Crippen molar-refractivity contribution in [2.75, 3.05) is 7.11 Å². The lowest BCUT2D eigenvalue weighted by atomic mass is 9.80. The summed E-state index contributed by atoms with van der Waals surface area (Å²) in [5.41, 5.74) is -0.0900. The molecule has 8 heteroatoms. The molecule has 0 unspecified atom stereocenters. The number of nitrogens with one attached hydrogen (secondary N) is 1. The SMILES string of the molecule is COc1c(S(=O)(=O)NC2CC(C)(C)[NH2+]C(C)(C)C2)ccc(Cl)c1Cl. The molecule has 1 aromatic carbocycles. The normalized spacial score (nSPS) is 20.8. The number of halogens is 2. The number of nitrogens with two attached hydrogens (primary N) is 1. The summed E-state index contributed by atoms with van der Waals surface area (Å²) in [6.07, 6.45) is 1.47. The van der Waals surface area contributed by atoms with Crippen molar-refractivity contribution in [3.8, 4) is 5.75 Å². The van der Waals surface area contributed by atoms with Gasteiger partial charge in [0.1, 0.15) is 9.92 Å². The van der Waals surface area contributed by atoms with Gasteiger partial charge in [0, 0.05) is 18.9 Å². The summed E-state index contributed by atoms with van der Waals surface area (Å²) >= 11 is 12.0. The summed E-state index contributed by atoms with van der Waals surface area (Å²) in [5.74, 6) is 0.0672. The van der Waals surface area contributed by atoms with Crippen LogP contribution in [0.4, 0.5) is 0 Å². The second-order valence-electron chi connectivity index (χ2n) is 7.74. The molecule has 136 valence electrons. The molecule has 0 spiro atoms. The number of piperidine rings is 1. The van der Waals surface area contributed by atoms with E-state index in [4.69, 9.17) is 27.9 Å². The fraction of sp³-hybridized carbons (Fsp3) is 0.625. The van der Waals surface area contributed by atoms with Crippen LogP contribution >= 0.6 is 23.2 Å². The Hall–Kier alpha value is -0.530. The van der Waals surface area contributed by atoms with Crippen LogP contribution in [0.25, 0.3) is 0 Å². The molecule has 1 aliphatic rings. The van der Waals surface area contributed by atoms with Crippen molar-refractivity contribution in [3.05, 3.63) is 22.2 Å². The number of benzene rings is 1. The molecule has 0 amide bonds. The van der Waals surface area contributed by atoms with Crippen LogP contribution in [0.5, 0.6) is 5.75 Å². The van der Waals surface area contributed by atoms with Crippen molar-refractivity contribution in [3.63, 3.8) is 0 Å². The summed E-state index contributed by atoms with van der Waals surface area (Å²) in [6.45, 7) is 8.48. The number of rotatable bonds is 4. The molecule has 1 saturated heterocycles. The van der Waals surface area contributed by atoms with E-state index in [1.165, 1.54) is 19.2 Å². The summed E-state index contributed by atoms with van der Waals surface area (Å²) in [6, 6.07) is 2.72. The highest BCUT2D eigenvalue weighted by Crippen LogP contribution is 2.37. The average molecular weight is 396 g/mol. The molecule has 0 aliphatic carbocycles. The zero-order valence-corrected chi connectivity index (χ0v) is 16.9. The maximum Gasteiger partial charge on any atom is 0.244 e. The van der Waals surface area contributed by atoms with Gasteiger partial charge in [-0.15, -0.1) is 0 Å². The van der Waals surface area contributed by atoms with E-state index in [2.05, 4.69) is 37.7 Å². The predicted molar refractivity (Wildman–Crippen MR) is 96.4 cm³/mol. The molecular weight excluding hydrogens is 371 g/mol. The van der Waals surface area contributed by atoms with Crippen LogP contribution in [0, 0.1) is 0 Å². The first-order valence-electron chi connectivity index (χ1n) is 7.78. The number of ether oxygens (including phenoxy) is 1. The van der Waals surface area contributed by atoms with Crippen molar-refractivity contribution < 1.29 is 18.5 Å². The van der Waals surface area contributed by atoms with Gasteiger partial charge in [0.15, 0.2) is 5.75 Å². The van der Waals surface area contributed by atoms with E-state index in [-0.39, 0.29) is 37.8 Å². The Kier molecular flexibility index (Phi) is 5.48. The van der Waals surface area contributed by atoms with E-state index < -0.39 is 10.0 Å². The molecule has 0 bridgehead atoms. The third-order valence-electron chi connectivity index (χ3n) is 4.16. The zero-order chi connectivity index (χ0) is 18.3. The summed E-state index contributed by atoms with van der Waals surface area (Å²) < 4.78 is 33.7. The topological polar surface area (TPSA) is 72.0 Å². The second kappa shape index (κ2) is 6.65. The van der Waals surface area contributed by atoms with Crippen molar-refractivity contribution in [2.24, 2.45) is 0 Å². The highest BCUT2D eigenvalue weighted by atomic mass is 35.5. The highest BCUT2D eigenvalue weighted by Gasteiger charge is 2.43. The van der Waals surface area contributed by atoms with Gasteiger partial charge < -0.3 is 10.1 Å². The average Bonchev–Trinajstić information content (AvgIpc) is 2.36. The minimum Gasteiger partial charge on any atom is -0.494 e. The first-order valence-corrected chi connectivity index (χ1v) is 10.0. The summed E-state index contributed by atoms with van der Waals surface area (Å²) in [7, 11) is -2.40. The molecule has 2 rings (SSSR count). The smallest absolute Gasteiger partial charge is 0.244 e. The monoisotopic (exact) mass is 395 g/mol. The Balaban J connectivity index is 2.34. The Morgan fingerprint density at radius 2 is 1.71 bits per heavy atom. The van der Waals surface area contributed by atoms with Crippen LogP contribution in [-0.2, 0) is 10.0 Å². The molecule has 0 saturated carbocycles. The van der Waals surface area contributed by atoms with Crippen LogP contribution in [0.1, 0.15) is 40.5 Å². The molecule has 5 nitrogen and oxygen atoms in total. The first-order chi connectivity index (χ1) is 10.9. The van der Waals surface area contributed by atoms with Gasteiger partial charge in [-0.3, -0.25) is 0 Å². The molecule has 24 heavy (non-hydrogen) atoms. The fourth-order valence-electron chi connectivity index (χ4n) is 3.80. The van der Waals surface area contributed by atoms with Crippen LogP contribution in [0.2, 0.25) is 10.0 Å². The standard InChI is InChI=1S/C16H24Cl2N2O3S/c1-15(2)8-10(9-16(3,4)20-15)19-24(21,22)12-7-6-11(17)13(18)14(12)23-5/h6-7,10,19-20H,8-9H2,1-5H3/p+1. The van der Waals surface area contributed by atoms with Crippen molar-refractivity contribution in [1.29, 1.82) is 0 Å². The van der Waals surface area contributed by atoms with Crippen molar-refractivity contribution >= 4 is 33.2 Å². The van der Waals surface area contributed by atoms with Gasteiger partial charge in [-0.25, -0.2) is 13.1 Å². The van der Waals surface area contributed by atoms with E-state index in [1.807, 2.05) is 0 Å². The third-order valence-corrected chi connectivity index (χ3v) is 6.49. The van der Waals surface area contributed by atoms with Crippen LogP contribution in [0.3, 0.4) is 0 Å². The highest BCUT2D eigenvalue weighted by molar-refractivity contribution is 7.89. The van der Waals surface area contributed by atoms with Gasteiger partial charge in [0.2, 0.25) is 10.0 Å². The number of sulfonamides is 1. The fourth-order valence-corrected chi connectivity index (χ4v) is 5.66. The van der Waals surface area contributed by atoms with Gasteiger partial charge >= 0.3 is 0 Å². The van der Waals surface area contributed by atoms with Crippen LogP contribution in [-0.4, -0.2) is 32.6 Å². The van der Waals surface area contributed by atoms with E-state index >= 15 is 0 Å². The summed E-state index contributed by atoms with van der Waals surface area (Å²) in [4.78, 5) is 0.00423. The van der Waals surface area contributed by atoms with E-state index in [0.29, 0.717) is 0 Å². The number of hydrogen-bond acceptors (Lipinski definition) is 3. The first kappa shape index (κ1) is 19.8. The minimum atomic E-state index is -3.77. The minimum absolute atomic E-state index is 0.00423. The van der Waals surface area contributed by atoms with Gasteiger partial charge in [0.05, 0.1) is 23.2 Å². The van der Waals surface area contributed by atoms with Crippen molar-refractivity contribution in [1.82, 2.24) is 4.72 Å². The Labute approximate surface area is 154 Å². The molecular formula is C16H25Cl2N2O3S+. The Bertz CT molecular complexity index is 717. The maximum atomic E-state index is 12.9.